The summed E-state index contributed by atoms with van der Waals surface area (Å²) in [7, 11) is 1.04. The number of nitrogens with zero attached hydrogens (tertiary/aromatic N) is 2. The zero-order valence-electron chi connectivity index (χ0n) is 8.37. The Balaban J connectivity index is 2.92. The molecule has 0 aliphatic heterocycles. The van der Waals surface area contributed by atoms with Gasteiger partial charge in [0.2, 0.25) is 0 Å². The summed E-state index contributed by atoms with van der Waals surface area (Å²) in [6.07, 6.45) is 0. The first-order chi connectivity index (χ1) is 7.97. The van der Waals surface area contributed by atoms with Crippen LogP contribution in [0.4, 0.5) is 8.78 Å². The monoisotopic (exact) mass is 370 g/mol. The average molecular weight is 370 g/mol. The van der Waals surface area contributed by atoms with Crippen LogP contribution in [0.15, 0.2) is 6.07 Å². The van der Waals surface area contributed by atoms with Crippen LogP contribution in [0.25, 0.3) is 11.0 Å². The predicted molar refractivity (Wildman–Crippen MR) is 68.4 cm³/mol. The molecule has 90 valence electrons. The number of rotatable bonds is 2. The summed E-state index contributed by atoms with van der Waals surface area (Å²) in [5.74, 6) is -3.34. The Hall–Kier alpha value is -0.900. The van der Waals surface area contributed by atoms with Crippen molar-refractivity contribution in [2.24, 2.45) is 0 Å². The minimum atomic E-state index is -1.22. The number of pyridine rings is 1. The molecule has 0 bridgehead atoms. The molecular formula is C9H5F2IN2O2S. The van der Waals surface area contributed by atoms with Crippen molar-refractivity contribution < 1.29 is 18.7 Å². The van der Waals surface area contributed by atoms with Crippen molar-refractivity contribution in [2.75, 3.05) is 0 Å². The highest BCUT2D eigenvalue weighted by Crippen LogP contribution is 2.30. The van der Waals surface area contributed by atoms with Gasteiger partial charge in [0, 0.05) is 30.3 Å². The lowest BCUT2D eigenvalue weighted by molar-refractivity contribution is 0.0690. The summed E-state index contributed by atoms with van der Waals surface area (Å²) in [5, 5.41) is 8.82. The number of hydrogen-bond donors (Lipinski definition) is 1. The summed E-state index contributed by atoms with van der Waals surface area (Å²) >= 11 is 1.85. The third-order valence-corrected chi connectivity index (χ3v) is 3.93. The molecule has 0 amide bonds. The predicted octanol–water partition coefficient (Wildman–Crippen LogP) is 3.17. The van der Waals surface area contributed by atoms with Crippen LogP contribution < -0.4 is 0 Å². The number of carboxylic acids is 1. The normalized spacial score (nSPS) is 11.1. The second-order valence-electron chi connectivity index (χ2n) is 3.26. The largest absolute Gasteiger partial charge is 0.477 e. The number of carbonyl (C=O) groups is 1. The Morgan fingerprint density at radius 1 is 1.53 bits per heavy atom. The molecular weight excluding hydrogens is 365 g/mol. The molecule has 0 atom stereocenters. The van der Waals surface area contributed by atoms with Crippen molar-refractivity contribution in [1.29, 1.82) is 0 Å². The summed E-state index contributed by atoms with van der Waals surface area (Å²) in [4.78, 5) is 14.8. The van der Waals surface area contributed by atoms with Gasteiger partial charge in [-0.25, -0.2) is 18.6 Å². The zero-order valence-corrected chi connectivity index (χ0v) is 11.3. The smallest absolute Gasteiger partial charge is 0.353 e. The Morgan fingerprint density at radius 3 is 2.71 bits per heavy atom. The number of fused-ring (bicyclic) bond motifs is 1. The lowest BCUT2D eigenvalue weighted by Gasteiger charge is -2.02. The summed E-state index contributed by atoms with van der Waals surface area (Å²) < 4.78 is 28.2. The molecule has 0 aromatic carbocycles. The molecule has 0 unspecified atom stereocenters. The third kappa shape index (κ3) is 1.88. The molecule has 0 saturated carbocycles. The minimum Gasteiger partial charge on any atom is -0.477 e. The maximum absolute atomic E-state index is 13.6. The Bertz CT molecular complexity index is 629. The highest BCUT2D eigenvalue weighted by molar-refractivity contribution is 14.2. The molecule has 1 N–H and O–H groups in total. The van der Waals surface area contributed by atoms with E-state index in [2.05, 4.69) is 4.98 Å². The highest BCUT2D eigenvalue weighted by atomic mass is 127. The number of hydrogen-bond acceptors (Lipinski definition) is 3. The van der Waals surface area contributed by atoms with Crippen molar-refractivity contribution in [3.8, 4) is 0 Å². The van der Waals surface area contributed by atoms with E-state index in [1.165, 1.54) is 10.9 Å². The van der Waals surface area contributed by atoms with Crippen molar-refractivity contribution in [1.82, 2.24) is 8.96 Å². The Morgan fingerprint density at radius 2 is 2.18 bits per heavy atom. The van der Waals surface area contributed by atoms with Gasteiger partial charge in [-0.3, -0.25) is 3.97 Å². The van der Waals surface area contributed by atoms with Gasteiger partial charge in [-0.1, -0.05) is 0 Å². The van der Waals surface area contributed by atoms with Gasteiger partial charge in [-0.05, 0) is 13.0 Å². The fourth-order valence-corrected chi connectivity index (χ4v) is 3.06. The molecule has 4 nitrogen and oxygen atoms in total. The van der Waals surface area contributed by atoms with Gasteiger partial charge in [0.15, 0.2) is 17.3 Å². The first-order valence-electron chi connectivity index (χ1n) is 4.36. The van der Waals surface area contributed by atoms with Crippen molar-refractivity contribution in [3.63, 3.8) is 0 Å². The molecule has 0 aliphatic rings. The molecule has 0 aliphatic carbocycles. The second-order valence-corrected chi connectivity index (χ2v) is 4.95. The van der Waals surface area contributed by atoms with Gasteiger partial charge >= 0.3 is 5.97 Å². The molecule has 2 rings (SSSR count). The van der Waals surface area contributed by atoms with E-state index < -0.39 is 17.6 Å². The zero-order chi connectivity index (χ0) is 12.7. The first kappa shape index (κ1) is 12.6. The Labute approximate surface area is 111 Å². The van der Waals surface area contributed by atoms with E-state index in [4.69, 9.17) is 5.11 Å². The van der Waals surface area contributed by atoms with E-state index in [1.807, 2.05) is 21.2 Å². The Kier molecular flexibility index (Phi) is 3.25. The number of aromatic nitrogens is 2. The van der Waals surface area contributed by atoms with E-state index in [1.54, 1.807) is 0 Å². The van der Waals surface area contributed by atoms with Gasteiger partial charge < -0.3 is 5.11 Å². The lowest BCUT2D eigenvalue weighted by atomic mass is 10.2. The number of aromatic carboxylic acids is 1. The number of halogens is 3. The molecule has 0 saturated heterocycles. The van der Waals surface area contributed by atoms with Crippen molar-refractivity contribution >= 4 is 47.3 Å². The van der Waals surface area contributed by atoms with E-state index in [9.17, 15) is 13.6 Å². The summed E-state index contributed by atoms with van der Waals surface area (Å²) in [5.41, 5.74) is -0.134. The number of carboxylic acid groups (broad SMARTS) is 1. The van der Waals surface area contributed by atoms with Crippen molar-refractivity contribution in [3.05, 3.63) is 29.1 Å². The summed E-state index contributed by atoms with van der Waals surface area (Å²) in [6.45, 7) is 1.33. The van der Waals surface area contributed by atoms with Crippen LogP contribution in [0.2, 0.25) is 0 Å². The average Bonchev–Trinajstić information content (AvgIpc) is 2.64. The molecule has 0 spiro atoms. The van der Waals surface area contributed by atoms with Crippen LogP contribution >= 0.6 is 30.3 Å². The van der Waals surface area contributed by atoms with Gasteiger partial charge in [0.1, 0.15) is 5.69 Å². The van der Waals surface area contributed by atoms with Crippen LogP contribution in [0, 0.1) is 18.6 Å². The number of aryl methyl sites for hydroxylation is 1. The standard InChI is InChI=1S/C9H5F2IN2O2S/c1-3-6(10)7(11)4-2-5(9(15)16)14(17-12)8(4)13-3/h2H,1H3,(H,15,16). The van der Waals surface area contributed by atoms with Crippen LogP contribution in [0.1, 0.15) is 16.2 Å². The summed E-state index contributed by atoms with van der Waals surface area (Å²) in [6, 6.07) is 1.08. The van der Waals surface area contributed by atoms with E-state index in [-0.39, 0.29) is 22.4 Å². The topological polar surface area (TPSA) is 55.1 Å². The maximum atomic E-state index is 13.6. The van der Waals surface area contributed by atoms with Crippen LogP contribution in [0.3, 0.4) is 0 Å². The maximum Gasteiger partial charge on any atom is 0.353 e. The van der Waals surface area contributed by atoms with E-state index in [0.717, 1.165) is 15.2 Å². The van der Waals surface area contributed by atoms with E-state index in [0.29, 0.717) is 0 Å². The molecule has 17 heavy (non-hydrogen) atoms. The lowest BCUT2D eigenvalue weighted by Crippen LogP contribution is -2.02. The van der Waals surface area contributed by atoms with Crippen molar-refractivity contribution in [2.45, 2.75) is 6.92 Å². The molecule has 0 fully saturated rings. The second kappa shape index (κ2) is 4.41. The molecule has 0 radical (unpaired) electrons. The van der Waals surface area contributed by atoms with Gasteiger partial charge in [0.25, 0.3) is 0 Å². The molecule has 2 aromatic rings. The quantitative estimate of drug-likeness (QED) is 0.826. The van der Waals surface area contributed by atoms with Crippen LogP contribution in [-0.2, 0) is 0 Å². The van der Waals surface area contributed by atoms with Gasteiger partial charge in [-0.15, -0.1) is 0 Å². The SMILES string of the molecule is Cc1nc2c(cc(C(=O)O)n2SI)c(F)c1F. The molecule has 2 aromatic heterocycles. The van der Waals surface area contributed by atoms with Crippen LogP contribution in [-0.4, -0.2) is 20.0 Å². The molecule has 2 heterocycles. The fraction of sp³-hybridized carbons (Fsp3) is 0.111. The van der Waals surface area contributed by atoms with E-state index >= 15 is 0 Å². The third-order valence-electron chi connectivity index (χ3n) is 2.24. The van der Waals surface area contributed by atoms with Gasteiger partial charge in [-0.2, -0.15) is 0 Å². The highest BCUT2D eigenvalue weighted by Gasteiger charge is 2.21. The first-order valence-corrected chi connectivity index (χ1v) is 7.68. The van der Waals surface area contributed by atoms with Crippen LogP contribution in [0.5, 0.6) is 0 Å². The fourth-order valence-electron chi connectivity index (χ4n) is 1.45. The minimum absolute atomic E-state index is 0.100. The molecule has 8 heteroatoms. The van der Waals surface area contributed by atoms with Gasteiger partial charge in [0.05, 0.1) is 11.1 Å².